The van der Waals surface area contributed by atoms with E-state index >= 15 is 0 Å². The van der Waals surface area contributed by atoms with Gasteiger partial charge in [0.15, 0.2) is 6.23 Å². The first-order valence-electron chi connectivity index (χ1n) is 8.42. The molecule has 0 amide bonds. The van der Waals surface area contributed by atoms with E-state index in [9.17, 15) is 20.4 Å². The second kappa shape index (κ2) is 7.69. The van der Waals surface area contributed by atoms with E-state index in [4.69, 9.17) is 4.74 Å². The zero-order valence-corrected chi connectivity index (χ0v) is 14.0. The van der Waals surface area contributed by atoms with Gasteiger partial charge in [-0.05, 0) is 17.5 Å². The molecule has 25 heavy (non-hydrogen) atoms. The number of hydrazine groups is 2. The lowest BCUT2D eigenvalue weighted by Crippen LogP contribution is -2.64. The maximum Gasteiger partial charge on any atom is 0.174 e. The molecule has 0 aliphatic carbocycles. The Labute approximate surface area is 146 Å². The molecule has 3 rings (SSSR count). The maximum atomic E-state index is 10.2. The summed E-state index contributed by atoms with van der Waals surface area (Å²) in [7, 11) is 0. The van der Waals surface area contributed by atoms with Crippen molar-refractivity contribution in [1.29, 1.82) is 0 Å². The number of aliphatic hydroxyl groups is 4. The van der Waals surface area contributed by atoms with Crippen LogP contribution >= 0.6 is 0 Å². The third kappa shape index (κ3) is 3.79. The van der Waals surface area contributed by atoms with E-state index < -0.39 is 37.3 Å². The second-order valence-electron chi connectivity index (χ2n) is 6.36. The molecule has 5 atom stereocenters. The summed E-state index contributed by atoms with van der Waals surface area (Å²) < 4.78 is 5.51. The lowest BCUT2D eigenvalue weighted by molar-refractivity contribution is -0.264. The number of hydrogen-bond acceptors (Lipinski definition) is 8. The van der Waals surface area contributed by atoms with Crippen molar-refractivity contribution < 1.29 is 25.2 Å². The van der Waals surface area contributed by atoms with E-state index in [-0.39, 0.29) is 0 Å². The fourth-order valence-electron chi connectivity index (χ4n) is 3.02. The van der Waals surface area contributed by atoms with Gasteiger partial charge < -0.3 is 30.6 Å². The van der Waals surface area contributed by atoms with Crippen LogP contribution in [0.5, 0.6) is 0 Å². The summed E-state index contributed by atoms with van der Waals surface area (Å²) in [6, 6.07) is 8.32. The predicted molar refractivity (Wildman–Crippen MR) is 89.5 cm³/mol. The number of nitrogens with zero attached hydrogens (tertiary/aromatic N) is 1. The van der Waals surface area contributed by atoms with Crippen molar-refractivity contribution in [3.8, 4) is 0 Å². The van der Waals surface area contributed by atoms with E-state index in [2.05, 4.69) is 42.1 Å². The minimum absolute atomic E-state index is 0.455. The largest absolute Gasteiger partial charge is 0.394 e. The number of benzene rings is 1. The molecule has 1 aromatic carbocycles. The number of aliphatic hydroxyl groups excluding tert-OH is 4. The van der Waals surface area contributed by atoms with Gasteiger partial charge in [-0.15, -0.1) is 5.53 Å². The van der Waals surface area contributed by atoms with Crippen LogP contribution in [0.2, 0.25) is 0 Å². The van der Waals surface area contributed by atoms with Crippen molar-refractivity contribution in [3.63, 3.8) is 0 Å². The molecule has 2 heterocycles. The summed E-state index contributed by atoms with van der Waals surface area (Å²) in [5, 5.41) is 40.6. The van der Waals surface area contributed by atoms with E-state index in [0.717, 1.165) is 17.7 Å². The van der Waals surface area contributed by atoms with Crippen LogP contribution in [-0.2, 0) is 17.6 Å². The standard InChI is InChI=1S/C17H25N3O5/c1-2-10-3-5-11(6-4-10)7-12-8-20(19-18-12)17-16(24)15(23)14(22)13(9-21)25-17/h3-6,8,13-19,21-24H,2,7,9H2,1H3/t13-,14-,15+,16-,17?/m1/s1. The van der Waals surface area contributed by atoms with Crippen LogP contribution in [0.3, 0.4) is 0 Å². The third-order valence-corrected chi connectivity index (χ3v) is 4.61. The van der Waals surface area contributed by atoms with Crippen LogP contribution in [0.1, 0.15) is 18.1 Å². The van der Waals surface area contributed by atoms with Gasteiger partial charge in [-0.2, -0.15) is 0 Å². The molecule has 2 aliphatic heterocycles. The molecule has 0 saturated carbocycles. The molecule has 1 unspecified atom stereocenters. The van der Waals surface area contributed by atoms with Crippen molar-refractivity contribution >= 4 is 0 Å². The Kier molecular flexibility index (Phi) is 5.57. The molecule has 0 bridgehead atoms. The Bertz CT molecular complexity index is 607. The number of ether oxygens (including phenoxy) is 1. The Morgan fingerprint density at radius 1 is 1.04 bits per heavy atom. The van der Waals surface area contributed by atoms with Gasteiger partial charge in [0.05, 0.1) is 6.61 Å². The summed E-state index contributed by atoms with van der Waals surface area (Å²) in [5.74, 6) is 0. The predicted octanol–water partition coefficient (Wildman–Crippen LogP) is -1.24. The SMILES string of the molecule is CCc1ccc(CC2=CN(C3O[C@H](CO)[C@@H](O)[C@H](O)[C@H]3O)NN2)cc1. The number of nitrogens with one attached hydrogen (secondary N) is 2. The number of rotatable bonds is 5. The Morgan fingerprint density at radius 3 is 2.36 bits per heavy atom. The first-order valence-corrected chi connectivity index (χ1v) is 8.42. The minimum atomic E-state index is -1.41. The molecule has 8 heteroatoms. The lowest BCUT2D eigenvalue weighted by atomic mass is 9.98. The van der Waals surface area contributed by atoms with Crippen LogP contribution in [-0.4, -0.2) is 62.7 Å². The molecule has 0 spiro atoms. The van der Waals surface area contributed by atoms with Gasteiger partial charge in [0.1, 0.15) is 24.4 Å². The van der Waals surface area contributed by atoms with Crippen molar-refractivity contribution in [2.24, 2.45) is 0 Å². The third-order valence-electron chi connectivity index (χ3n) is 4.61. The Hall–Kier alpha value is -1.68. The van der Waals surface area contributed by atoms with Crippen LogP contribution in [0.15, 0.2) is 36.2 Å². The Balaban J connectivity index is 1.67. The van der Waals surface area contributed by atoms with Crippen LogP contribution in [0.4, 0.5) is 0 Å². The molecule has 1 saturated heterocycles. The quantitative estimate of drug-likeness (QED) is 0.390. The first-order chi connectivity index (χ1) is 12.0. The molecule has 0 aromatic heterocycles. The van der Waals surface area contributed by atoms with E-state index in [1.54, 1.807) is 6.20 Å². The Morgan fingerprint density at radius 2 is 1.72 bits per heavy atom. The highest BCUT2D eigenvalue weighted by molar-refractivity contribution is 5.26. The zero-order chi connectivity index (χ0) is 18.0. The highest BCUT2D eigenvalue weighted by atomic mass is 16.6. The summed E-state index contributed by atoms with van der Waals surface area (Å²) in [4.78, 5) is 0. The van der Waals surface area contributed by atoms with Crippen molar-refractivity contribution in [3.05, 3.63) is 47.3 Å². The van der Waals surface area contributed by atoms with Crippen molar-refractivity contribution in [2.75, 3.05) is 6.61 Å². The van der Waals surface area contributed by atoms with Gasteiger partial charge in [0.25, 0.3) is 0 Å². The summed E-state index contributed by atoms with van der Waals surface area (Å²) in [6.45, 7) is 1.65. The smallest absolute Gasteiger partial charge is 0.174 e. The molecule has 2 aliphatic rings. The lowest BCUT2D eigenvalue weighted by Gasteiger charge is -2.42. The maximum absolute atomic E-state index is 10.2. The topological polar surface area (TPSA) is 117 Å². The van der Waals surface area contributed by atoms with Crippen molar-refractivity contribution in [1.82, 2.24) is 16.0 Å². The minimum Gasteiger partial charge on any atom is -0.394 e. The molecule has 6 N–H and O–H groups in total. The van der Waals surface area contributed by atoms with E-state index in [1.165, 1.54) is 10.6 Å². The first kappa shape index (κ1) is 18.1. The average Bonchev–Trinajstić information content (AvgIpc) is 3.09. The number of aryl methyl sites for hydroxylation is 1. The molecule has 1 fully saturated rings. The van der Waals surface area contributed by atoms with Gasteiger partial charge in [0.2, 0.25) is 0 Å². The van der Waals surface area contributed by atoms with Gasteiger partial charge in [-0.3, -0.25) is 5.01 Å². The van der Waals surface area contributed by atoms with Crippen LogP contribution in [0.25, 0.3) is 0 Å². The molecule has 0 radical (unpaired) electrons. The molecule has 1 aromatic rings. The summed E-state index contributed by atoms with van der Waals surface area (Å²) in [5.41, 5.74) is 9.13. The zero-order valence-electron chi connectivity index (χ0n) is 14.0. The van der Waals surface area contributed by atoms with Crippen LogP contribution < -0.4 is 11.0 Å². The summed E-state index contributed by atoms with van der Waals surface area (Å²) >= 11 is 0. The molecular weight excluding hydrogens is 326 g/mol. The molecule has 138 valence electrons. The summed E-state index contributed by atoms with van der Waals surface area (Å²) in [6.07, 6.45) is -2.60. The van der Waals surface area contributed by atoms with Gasteiger partial charge >= 0.3 is 0 Å². The van der Waals surface area contributed by atoms with E-state index in [1.807, 2.05) is 0 Å². The highest BCUT2D eigenvalue weighted by Gasteiger charge is 2.46. The molecular formula is C17H25N3O5. The monoisotopic (exact) mass is 351 g/mol. The van der Waals surface area contributed by atoms with Gasteiger partial charge in [-0.1, -0.05) is 31.2 Å². The fraction of sp³-hybridized carbons (Fsp3) is 0.529. The molecule has 8 nitrogen and oxygen atoms in total. The fourth-order valence-corrected chi connectivity index (χ4v) is 3.02. The number of allylic oxidation sites excluding steroid dienone is 1. The average molecular weight is 351 g/mol. The van der Waals surface area contributed by atoms with Crippen molar-refractivity contribution in [2.45, 2.75) is 50.4 Å². The van der Waals surface area contributed by atoms with Gasteiger partial charge in [-0.25, -0.2) is 0 Å². The van der Waals surface area contributed by atoms with Gasteiger partial charge in [0, 0.05) is 18.3 Å². The normalized spacial score (nSPS) is 32.4. The van der Waals surface area contributed by atoms with Crippen LogP contribution in [0, 0.1) is 0 Å². The van der Waals surface area contributed by atoms with E-state index in [0.29, 0.717) is 6.42 Å². The second-order valence-corrected chi connectivity index (χ2v) is 6.36. The highest BCUT2D eigenvalue weighted by Crippen LogP contribution is 2.24. The number of hydrogen-bond donors (Lipinski definition) is 6.